The van der Waals surface area contributed by atoms with Gasteiger partial charge in [-0.3, -0.25) is 4.79 Å². The maximum atomic E-state index is 12.4. The van der Waals surface area contributed by atoms with Gasteiger partial charge in [0.2, 0.25) is 0 Å². The van der Waals surface area contributed by atoms with E-state index >= 15 is 0 Å². The fourth-order valence-corrected chi connectivity index (χ4v) is 9.33. The summed E-state index contributed by atoms with van der Waals surface area (Å²) >= 11 is 2.44. The quantitative estimate of drug-likeness (QED) is 0.140. The number of halogens is 1. The van der Waals surface area contributed by atoms with E-state index in [2.05, 4.69) is 49.4 Å². The van der Waals surface area contributed by atoms with E-state index in [1.165, 1.54) is 74.2 Å². The van der Waals surface area contributed by atoms with Crippen molar-refractivity contribution in [3.63, 3.8) is 0 Å². The number of hydrogen-bond donors (Lipinski definition) is 1. The zero-order valence-corrected chi connectivity index (χ0v) is 24.9. The topological polar surface area (TPSA) is 46.5 Å². The molecular formula is C31H51IO3. The van der Waals surface area contributed by atoms with Gasteiger partial charge in [0.15, 0.2) is 5.78 Å². The van der Waals surface area contributed by atoms with Gasteiger partial charge < -0.3 is 9.84 Å². The van der Waals surface area contributed by atoms with Crippen LogP contribution in [0.5, 0.6) is 0 Å². The third kappa shape index (κ3) is 5.75. The molecule has 0 aliphatic heterocycles. The van der Waals surface area contributed by atoms with Crippen LogP contribution >= 0.6 is 22.6 Å². The summed E-state index contributed by atoms with van der Waals surface area (Å²) in [7, 11) is 0. The maximum Gasteiger partial charge on any atom is 0.155 e. The predicted octanol–water partition coefficient (Wildman–Crippen LogP) is 8.07. The lowest BCUT2D eigenvalue weighted by molar-refractivity contribution is -0.135. The Labute approximate surface area is 228 Å². The van der Waals surface area contributed by atoms with E-state index in [0.29, 0.717) is 29.5 Å². The first-order valence-corrected chi connectivity index (χ1v) is 16.4. The Morgan fingerprint density at radius 3 is 2.40 bits per heavy atom. The van der Waals surface area contributed by atoms with Gasteiger partial charge in [0.25, 0.3) is 0 Å². The molecule has 3 fully saturated rings. The highest BCUT2D eigenvalue weighted by Crippen LogP contribution is 2.69. The van der Waals surface area contributed by atoms with E-state index in [9.17, 15) is 9.90 Å². The molecule has 0 bridgehead atoms. The molecule has 4 aliphatic rings. The van der Waals surface area contributed by atoms with Gasteiger partial charge in [0.1, 0.15) is 0 Å². The Hall–Kier alpha value is 0.0600. The number of fused-ring (bicyclic) bond motifs is 5. The average molecular weight is 599 g/mol. The molecule has 0 aromatic heterocycles. The number of aliphatic hydroxyl groups is 1. The smallest absolute Gasteiger partial charge is 0.155 e. The van der Waals surface area contributed by atoms with Crippen molar-refractivity contribution in [2.24, 2.45) is 34.5 Å². The number of allylic oxidation sites excluding steroid dienone is 1. The van der Waals surface area contributed by atoms with Crippen LogP contribution in [0.2, 0.25) is 0 Å². The third-order valence-corrected chi connectivity index (χ3v) is 12.0. The van der Waals surface area contributed by atoms with Gasteiger partial charge in [0, 0.05) is 19.6 Å². The minimum atomic E-state index is -0.523. The predicted molar refractivity (Wildman–Crippen MR) is 153 cm³/mol. The molecule has 7 atom stereocenters. The van der Waals surface area contributed by atoms with Gasteiger partial charge in [0.05, 0.1) is 5.60 Å². The van der Waals surface area contributed by atoms with Crippen LogP contribution in [0, 0.1) is 34.5 Å². The van der Waals surface area contributed by atoms with Crippen LogP contribution in [0.3, 0.4) is 0 Å². The second-order valence-electron chi connectivity index (χ2n) is 13.1. The van der Waals surface area contributed by atoms with Crippen LogP contribution in [0.25, 0.3) is 0 Å². The van der Waals surface area contributed by atoms with Gasteiger partial charge in [-0.1, -0.05) is 67.7 Å². The van der Waals surface area contributed by atoms with Gasteiger partial charge in [-0.2, -0.15) is 0 Å². The highest BCUT2D eigenvalue weighted by molar-refractivity contribution is 14.1. The largest absolute Gasteiger partial charge is 0.390 e. The Balaban J connectivity index is 1.35. The highest BCUT2D eigenvalue weighted by Gasteiger charge is 2.64. The van der Waals surface area contributed by atoms with Crippen molar-refractivity contribution in [1.29, 1.82) is 0 Å². The summed E-state index contributed by atoms with van der Waals surface area (Å²) in [6, 6.07) is 0. The summed E-state index contributed by atoms with van der Waals surface area (Å²) in [5, 5.41) is 11.4. The molecule has 4 aliphatic carbocycles. The molecule has 2 unspecified atom stereocenters. The summed E-state index contributed by atoms with van der Waals surface area (Å²) < 4.78 is 7.01. The van der Waals surface area contributed by atoms with E-state index < -0.39 is 5.60 Å². The molecule has 200 valence electrons. The molecule has 0 radical (unpaired) electrons. The normalized spacial score (nSPS) is 40.7. The van der Waals surface area contributed by atoms with E-state index in [4.69, 9.17) is 4.74 Å². The molecule has 0 aromatic carbocycles. The standard InChI is InChI=1S/C31H51IO3/c1-29-15-12-25(33)22-24(29)21-23(11-7-5-4-6-9-19-35-20-10-8-18-32)28-26(29)13-16-30(2)27(28)14-17-31(30,3)34/h22-23,26-28,34H,4-21H2,1-3H3/t23?,26-,27+,28-,29+,30+,31?/m1/s1. The second-order valence-corrected chi connectivity index (χ2v) is 14.2. The van der Waals surface area contributed by atoms with Crippen LogP contribution in [0.1, 0.15) is 117 Å². The average Bonchev–Trinajstić information content (AvgIpc) is 3.07. The lowest BCUT2D eigenvalue weighted by atomic mass is 9.44. The van der Waals surface area contributed by atoms with Gasteiger partial charge in [-0.15, -0.1) is 0 Å². The number of rotatable bonds is 12. The van der Waals surface area contributed by atoms with Crippen molar-refractivity contribution in [2.75, 3.05) is 17.6 Å². The first kappa shape index (κ1) is 28.1. The van der Waals surface area contributed by atoms with Gasteiger partial charge in [-0.05, 0) is 116 Å². The number of alkyl halides is 1. The maximum absolute atomic E-state index is 12.4. The minimum absolute atomic E-state index is 0.0607. The van der Waals surface area contributed by atoms with Crippen molar-refractivity contribution in [1.82, 2.24) is 0 Å². The van der Waals surface area contributed by atoms with Crippen molar-refractivity contribution in [3.05, 3.63) is 11.6 Å². The van der Waals surface area contributed by atoms with Crippen molar-refractivity contribution < 1.29 is 14.6 Å². The zero-order valence-electron chi connectivity index (χ0n) is 22.8. The molecule has 0 amide bonds. The minimum Gasteiger partial charge on any atom is -0.390 e. The molecule has 4 rings (SSSR count). The fraction of sp³-hybridized carbons (Fsp3) is 0.903. The SMILES string of the molecule is CC1(O)CC[C@H]2[C@@H]3C(CCCCCCCOCCCCI)CC4=CC(=O)CC[C@]4(C)[C@@H]3CC[C@@]21C. The molecule has 3 saturated carbocycles. The van der Waals surface area contributed by atoms with Gasteiger partial charge in [-0.25, -0.2) is 0 Å². The van der Waals surface area contributed by atoms with E-state index in [-0.39, 0.29) is 10.8 Å². The zero-order chi connectivity index (χ0) is 25.1. The van der Waals surface area contributed by atoms with Crippen molar-refractivity contribution in [2.45, 2.75) is 123 Å². The Morgan fingerprint density at radius 2 is 1.63 bits per heavy atom. The van der Waals surface area contributed by atoms with E-state index in [1.54, 1.807) is 0 Å². The van der Waals surface area contributed by atoms with Crippen LogP contribution in [-0.2, 0) is 9.53 Å². The lowest BCUT2D eigenvalue weighted by Crippen LogP contribution is -2.56. The molecule has 0 saturated heterocycles. The number of carbonyl (C=O) groups excluding carboxylic acids is 1. The molecule has 0 spiro atoms. The highest BCUT2D eigenvalue weighted by atomic mass is 127. The fourth-order valence-electron chi connectivity index (χ4n) is 8.79. The monoisotopic (exact) mass is 598 g/mol. The van der Waals surface area contributed by atoms with Crippen LogP contribution in [0.15, 0.2) is 11.6 Å². The molecule has 0 aromatic rings. The number of unbranched alkanes of at least 4 members (excludes halogenated alkanes) is 5. The second kappa shape index (κ2) is 11.8. The first-order valence-electron chi connectivity index (χ1n) is 14.8. The first-order chi connectivity index (χ1) is 16.7. The Morgan fingerprint density at radius 1 is 0.943 bits per heavy atom. The summed E-state index contributed by atoms with van der Waals surface area (Å²) in [5.74, 6) is 3.09. The molecule has 4 heteroatoms. The van der Waals surface area contributed by atoms with Crippen LogP contribution in [-0.4, -0.2) is 34.1 Å². The summed E-state index contributed by atoms with van der Waals surface area (Å²) in [5.41, 5.74) is 1.23. The van der Waals surface area contributed by atoms with Crippen molar-refractivity contribution in [3.8, 4) is 0 Å². The van der Waals surface area contributed by atoms with Crippen LogP contribution < -0.4 is 0 Å². The van der Waals surface area contributed by atoms with E-state index in [1.807, 2.05) is 0 Å². The lowest BCUT2D eigenvalue weighted by Gasteiger charge is -2.61. The summed E-state index contributed by atoms with van der Waals surface area (Å²) in [4.78, 5) is 12.4. The molecule has 3 nitrogen and oxygen atoms in total. The number of ketones is 1. The van der Waals surface area contributed by atoms with Gasteiger partial charge >= 0.3 is 0 Å². The third-order valence-electron chi connectivity index (χ3n) is 11.2. The summed E-state index contributed by atoms with van der Waals surface area (Å²) in [6.07, 6.45) is 19.7. The Kier molecular flexibility index (Phi) is 9.50. The Bertz CT molecular complexity index is 760. The molecule has 0 heterocycles. The molecular weight excluding hydrogens is 547 g/mol. The van der Waals surface area contributed by atoms with Crippen LogP contribution in [0.4, 0.5) is 0 Å². The number of hydrogen-bond acceptors (Lipinski definition) is 3. The molecule has 1 N–H and O–H groups in total. The summed E-state index contributed by atoms with van der Waals surface area (Å²) in [6.45, 7) is 8.86. The number of carbonyl (C=O) groups is 1. The number of ether oxygens (including phenoxy) is 1. The van der Waals surface area contributed by atoms with E-state index in [0.717, 1.165) is 45.3 Å². The van der Waals surface area contributed by atoms with Crippen molar-refractivity contribution >= 4 is 28.4 Å². The molecule has 35 heavy (non-hydrogen) atoms.